The van der Waals surface area contributed by atoms with Crippen LogP contribution in [0.1, 0.15) is 73.6 Å². The van der Waals surface area contributed by atoms with Crippen molar-refractivity contribution in [3.63, 3.8) is 0 Å². The summed E-state index contributed by atoms with van der Waals surface area (Å²) in [7, 11) is 1.83. The van der Waals surface area contributed by atoms with Crippen LogP contribution in [0.25, 0.3) is 0 Å². The lowest BCUT2D eigenvalue weighted by Gasteiger charge is -2.55. The summed E-state index contributed by atoms with van der Waals surface area (Å²) in [6.45, 7) is 13.6. The molecule has 2 nitrogen and oxygen atoms in total. The largest absolute Gasteiger partial charge is 0.501 e. The van der Waals surface area contributed by atoms with Gasteiger partial charge in [0.2, 0.25) is 0 Å². The van der Waals surface area contributed by atoms with Gasteiger partial charge in [-0.15, -0.1) is 0 Å². The van der Waals surface area contributed by atoms with E-state index >= 15 is 0 Å². The molecule has 0 amide bonds. The maximum absolute atomic E-state index is 6.80. The molecule has 0 aromatic heterocycles. The van der Waals surface area contributed by atoms with Gasteiger partial charge in [-0.1, -0.05) is 30.2 Å². The van der Waals surface area contributed by atoms with Crippen LogP contribution in [-0.4, -0.2) is 18.8 Å². The van der Waals surface area contributed by atoms with E-state index in [-0.39, 0.29) is 16.4 Å². The Hall–Kier alpha value is -1.02. The molecule has 0 saturated carbocycles. The Balaban J connectivity index is 1.95. The van der Waals surface area contributed by atoms with Crippen molar-refractivity contribution in [1.82, 2.24) is 0 Å². The van der Waals surface area contributed by atoms with Crippen LogP contribution in [0.4, 0.5) is 0 Å². The summed E-state index contributed by atoms with van der Waals surface area (Å²) in [5.41, 5.74) is 2.98. The molecule has 25 heavy (non-hydrogen) atoms. The summed E-state index contributed by atoms with van der Waals surface area (Å²) >= 11 is 0. The van der Waals surface area contributed by atoms with Crippen molar-refractivity contribution in [2.75, 3.05) is 7.11 Å². The lowest BCUT2D eigenvalue weighted by atomic mass is 9.48. The van der Waals surface area contributed by atoms with E-state index in [1.165, 1.54) is 17.6 Å². The number of hydrogen-bond donors (Lipinski definition) is 0. The van der Waals surface area contributed by atoms with Gasteiger partial charge in [0.1, 0.15) is 5.76 Å². The Kier molecular flexibility index (Phi) is 4.73. The number of ether oxygens (including phenoxy) is 2. The van der Waals surface area contributed by atoms with Gasteiger partial charge < -0.3 is 9.47 Å². The molecule has 3 rings (SSSR count). The van der Waals surface area contributed by atoms with E-state index in [1.54, 1.807) is 0 Å². The average molecular weight is 345 g/mol. The van der Waals surface area contributed by atoms with Gasteiger partial charge in [-0.05, 0) is 78.2 Å². The lowest BCUT2D eigenvalue weighted by Crippen LogP contribution is -2.57. The SMILES string of the molecule is COC1=CC[C@@H]2C(C)(CCC=C(C)C)[C@H]3C[C@@]1(CC=C(C)C)[C@@]2(C)O3. The molecule has 0 aromatic rings. The third-order valence-corrected chi connectivity index (χ3v) is 7.39. The zero-order valence-electron chi connectivity index (χ0n) is 17.2. The smallest absolute Gasteiger partial charge is 0.101 e. The van der Waals surface area contributed by atoms with Crippen molar-refractivity contribution >= 4 is 0 Å². The standard InChI is InChI=1S/C23H36O2/c1-16(2)9-8-13-21(5)18-10-11-19(24-7)23(14-12-17(3)4)15-20(21)25-22(18,23)6/h9,11-12,18,20H,8,10,13-15H2,1-7H3/t18-,20-,21?,22+,23-/m1/s1. The van der Waals surface area contributed by atoms with E-state index in [0.717, 1.165) is 31.4 Å². The first-order valence-corrected chi connectivity index (χ1v) is 9.89. The Labute approximate surface area is 154 Å². The van der Waals surface area contributed by atoms with Crippen molar-refractivity contribution in [3.05, 3.63) is 35.1 Å². The minimum atomic E-state index is -0.108. The number of fused-ring (bicyclic) bond motifs is 1. The van der Waals surface area contributed by atoms with Crippen LogP contribution >= 0.6 is 0 Å². The molecule has 2 bridgehead atoms. The third-order valence-electron chi connectivity index (χ3n) is 7.39. The van der Waals surface area contributed by atoms with Gasteiger partial charge in [0.25, 0.3) is 0 Å². The highest BCUT2D eigenvalue weighted by Crippen LogP contribution is 2.72. The van der Waals surface area contributed by atoms with Crippen LogP contribution in [0.5, 0.6) is 0 Å². The van der Waals surface area contributed by atoms with E-state index < -0.39 is 0 Å². The highest BCUT2D eigenvalue weighted by atomic mass is 16.5. The van der Waals surface area contributed by atoms with E-state index in [9.17, 15) is 0 Å². The third kappa shape index (κ3) is 2.63. The van der Waals surface area contributed by atoms with Gasteiger partial charge in [0.05, 0.1) is 24.2 Å². The highest BCUT2D eigenvalue weighted by Gasteiger charge is 2.74. The van der Waals surface area contributed by atoms with Gasteiger partial charge in [0.15, 0.2) is 0 Å². The Bertz CT molecular complexity index is 620. The molecule has 2 heterocycles. The van der Waals surface area contributed by atoms with Crippen molar-refractivity contribution in [2.24, 2.45) is 16.7 Å². The first-order chi connectivity index (χ1) is 11.7. The van der Waals surface area contributed by atoms with Gasteiger partial charge >= 0.3 is 0 Å². The topological polar surface area (TPSA) is 18.5 Å². The fourth-order valence-corrected chi connectivity index (χ4v) is 5.92. The maximum atomic E-state index is 6.80. The lowest BCUT2D eigenvalue weighted by molar-refractivity contribution is -0.0757. The first-order valence-electron chi connectivity index (χ1n) is 9.89. The summed E-state index contributed by atoms with van der Waals surface area (Å²) in [5.74, 6) is 1.74. The maximum Gasteiger partial charge on any atom is 0.101 e. The van der Waals surface area contributed by atoms with Crippen LogP contribution in [0.15, 0.2) is 35.1 Å². The average Bonchev–Trinajstić information content (AvgIpc) is 2.95. The normalized spacial score (nSPS) is 41.3. The molecule has 0 N–H and O–H groups in total. The molecule has 2 fully saturated rings. The summed E-state index contributed by atoms with van der Waals surface area (Å²) in [5, 5.41) is 0. The molecule has 0 aromatic carbocycles. The number of methoxy groups -OCH3 is 1. The van der Waals surface area contributed by atoms with E-state index in [0.29, 0.717) is 12.0 Å². The van der Waals surface area contributed by atoms with Crippen LogP contribution in [0.2, 0.25) is 0 Å². The van der Waals surface area contributed by atoms with Crippen molar-refractivity contribution < 1.29 is 9.47 Å². The molecular weight excluding hydrogens is 308 g/mol. The molecule has 2 aliphatic heterocycles. The molecule has 0 spiro atoms. The van der Waals surface area contributed by atoms with E-state index in [4.69, 9.17) is 9.47 Å². The van der Waals surface area contributed by atoms with Gasteiger partial charge in [0, 0.05) is 5.92 Å². The zero-order chi connectivity index (χ0) is 18.5. The van der Waals surface area contributed by atoms with Gasteiger partial charge in [-0.2, -0.15) is 0 Å². The predicted octanol–water partition coefficient (Wildman–Crippen LogP) is 6.19. The fraction of sp³-hybridized carbons (Fsp3) is 0.739. The molecule has 3 aliphatic rings. The van der Waals surface area contributed by atoms with Crippen LogP contribution in [-0.2, 0) is 9.47 Å². The molecule has 2 heteroatoms. The van der Waals surface area contributed by atoms with Crippen LogP contribution in [0, 0.1) is 16.7 Å². The van der Waals surface area contributed by atoms with E-state index in [1.807, 2.05) is 7.11 Å². The summed E-state index contributed by atoms with van der Waals surface area (Å²) < 4.78 is 12.7. The molecule has 5 atom stereocenters. The van der Waals surface area contributed by atoms with Crippen molar-refractivity contribution in [3.8, 4) is 0 Å². The predicted molar refractivity (Wildman–Crippen MR) is 104 cm³/mol. The number of rotatable bonds is 6. The van der Waals surface area contributed by atoms with Crippen LogP contribution < -0.4 is 0 Å². The number of hydrogen-bond acceptors (Lipinski definition) is 2. The fourth-order valence-electron chi connectivity index (χ4n) is 5.92. The zero-order valence-corrected chi connectivity index (χ0v) is 17.2. The Morgan fingerprint density at radius 1 is 1.20 bits per heavy atom. The minimum absolute atomic E-state index is 0.0165. The quantitative estimate of drug-likeness (QED) is 0.535. The second-order valence-corrected chi connectivity index (χ2v) is 9.37. The summed E-state index contributed by atoms with van der Waals surface area (Å²) in [6.07, 6.45) is 13.1. The Morgan fingerprint density at radius 3 is 2.48 bits per heavy atom. The van der Waals surface area contributed by atoms with Crippen molar-refractivity contribution in [2.45, 2.75) is 85.4 Å². The molecular formula is C23H36O2. The summed E-state index contributed by atoms with van der Waals surface area (Å²) in [6, 6.07) is 0. The van der Waals surface area contributed by atoms with Crippen molar-refractivity contribution in [1.29, 1.82) is 0 Å². The van der Waals surface area contributed by atoms with Gasteiger partial charge in [-0.25, -0.2) is 0 Å². The molecule has 0 radical (unpaired) electrons. The number of allylic oxidation sites excluding steroid dienone is 5. The van der Waals surface area contributed by atoms with E-state index in [2.05, 4.69) is 59.8 Å². The first kappa shape index (κ1) is 18.8. The second kappa shape index (κ2) is 6.30. The molecule has 2 saturated heterocycles. The minimum Gasteiger partial charge on any atom is -0.501 e. The Morgan fingerprint density at radius 2 is 1.88 bits per heavy atom. The molecule has 1 aliphatic carbocycles. The summed E-state index contributed by atoms with van der Waals surface area (Å²) in [4.78, 5) is 0. The van der Waals surface area contributed by atoms with Gasteiger partial charge in [-0.3, -0.25) is 0 Å². The highest BCUT2D eigenvalue weighted by molar-refractivity contribution is 5.33. The second-order valence-electron chi connectivity index (χ2n) is 9.37. The molecule has 140 valence electrons. The monoisotopic (exact) mass is 344 g/mol. The van der Waals surface area contributed by atoms with Crippen LogP contribution in [0.3, 0.4) is 0 Å². The molecule has 1 unspecified atom stereocenters.